The van der Waals surface area contributed by atoms with Crippen molar-refractivity contribution < 1.29 is 4.79 Å². The number of nitrogens with zero attached hydrogens (tertiary/aromatic N) is 2. The highest BCUT2D eigenvalue weighted by Crippen LogP contribution is 2.16. The molecule has 0 fully saturated rings. The first-order valence-corrected chi connectivity index (χ1v) is 9.42. The number of para-hydroxylation sites is 1. The Labute approximate surface area is 164 Å². The molecule has 28 heavy (non-hydrogen) atoms. The van der Waals surface area contributed by atoms with E-state index in [9.17, 15) is 9.59 Å². The first kappa shape index (κ1) is 19.5. The number of benzene rings is 2. The fourth-order valence-corrected chi connectivity index (χ4v) is 3.09. The zero-order valence-corrected chi connectivity index (χ0v) is 16.7. The van der Waals surface area contributed by atoms with Gasteiger partial charge in [0.15, 0.2) is 0 Å². The third-order valence-corrected chi connectivity index (χ3v) is 4.94. The molecule has 3 aromatic rings. The summed E-state index contributed by atoms with van der Waals surface area (Å²) in [7, 11) is 1.83. The molecule has 146 valence electrons. The number of anilines is 2. The fraction of sp³-hybridized carbons (Fsp3) is 0.273. The Kier molecular flexibility index (Phi) is 5.68. The van der Waals surface area contributed by atoms with Gasteiger partial charge in [-0.05, 0) is 50.1 Å². The maximum atomic E-state index is 12.9. The van der Waals surface area contributed by atoms with Gasteiger partial charge < -0.3 is 10.6 Å². The summed E-state index contributed by atoms with van der Waals surface area (Å²) in [5.74, 6) is -0.196. The first-order chi connectivity index (χ1) is 13.4. The van der Waals surface area contributed by atoms with E-state index < -0.39 is 6.04 Å². The molecule has 0 aliphatic carbocycles. The number of carbonyl (C=O) groups is 1. The van der Waals surface area contributed by atoms with Gasteiger partial charge in [0.1, 0.15) is 11.7 Å². The van der Waals surface area contributed by atoms with Crippen molar-refractivity contribution in [2.24, 2.45) is 7.05 Å². The van der Waals surface area contributed by atoms with Crippen LogP contribution in [0.1, 0.15) is 25.1 Å². The molecule has 0 aliphatic rings. The predicted octanol–water partition coefficient (Wildman–Crippen LogP) is 3.49. The number of hydrogen-bond acceptors (Lipinski definition) is 3. The quantitative estimate of drug-likeness (QED) is 0.690. The molecule has 0 spiro atoms. The molecule has 1 atom stereocenters. The van der Waals surface area contributed by atoms with Crippen LogP contribution in [-0.4, -0.2) is 21.3 Å². The number of aryl methyl sites for hydroxylation is 1. The van der Waals surface area contributed by atoms with E-state index in [0.29, 0.717) is 5.69 Å². The molecule has 0 radical (unpaired) electrons. The summed E-state index contributed by atoms with van der Waals surface area (Å²) in [4.78, 5) is 25.5. The van der Waals surface area contributed by atoms with Crippen LogP contribution >= 0.6 is 0 Å². The molecule has 3 rings (SSSR count). The number of hydrogen-bond donors (Lipinski definition) is 2. The van der Waals surface area contributed by atoms with Crippen LogP contribution in [0.2, 0.25) is 0 Å². The molecule has 6 heteroatoms. The summed E-state index contributed by atoms with van der Waals surface area (Å²) in [6, 6.07) is 16.6. The summed E-state index contributed by atoms with van der Waals surface area (Å²) in [6.45, 7) is 5.69. The Morgan fingerprint density at radius 3 is 2.32 bits per heavy atom. The van der Waals surface area contributed by atoms with E-state index in [1.54, 1.807) is 16.3 Å². The van der Waals surface area contributed by atoms with Crippen LogP contribution in [0.3, 0.4) is 0 Å². The normalized spacial score (nSPS) is 11.9. The Balaban J connectivity index is 1.79. The van der Waals surface area contributed by atoms with Gasteiger partial charge in [0.2, 0.25) is 5.91 Å². The summed E-state index contributed by atoms with van der Waals surface area (Å²) in [5, 5.41) is 5.97. The van der Waals surface area contributed by atoms with Crippen molar-refractivity contribution in [3.63, 3.8) is 0 Å². The Bertz CT molecular complexity index is 1020. The standard InChI is InChI=1S/C22H26N4O2/c1-5-17-11-13-18(14-12-17)24-21(27)15(2)23-20-16(3)25(4)26(22(20)28)19-9-7-6-8-10-19/h6-15,23H,5H2,1-4H3,(H,24,27). The van der Waals surface area contributed by atoms with E-state index in [0.717, 1.165) is 23.5 Å². The Hall–Kier alpha value is -3.28. The van der Waals surface area contributed by atoms with E-state index >= 15 is 0 Å². The third kappa shape index (κ3) is 3.86. The molecule has 1 heterocycles. The first-order valence-electron chi connectivity index (χ1n) is 9.42. The van der Waals surface area contributed by atoms with Crippen LogP contribution in [0.4, 0.5) is 11.4 Å². The molecule has 1 unspecified atom stereocenters. The fourth-order valence-electron chi connectivity index (χ4n) is 3.09. The van der Waals surface area contributed by atoms with Crippen molar-refractivity contribution in [1.82, 2.24) is 9.36 Å². The highest BCUT2D eigenvalue weighted by atomic mass is 16.2. The van der Waals surface area contributed by atoms with Crippen LogP contribution in [0.25, 0.3) is 5.69 Å². The van der Waals surface area contributed by atoms with Crippen molar-refractivity contribution >= 4 is 17.3 Å². The van der Waals surface area contributed by atoms with Gasteiger partial charge in [-0.1, -0.05) is 37.3 Å². The smallest absolute Gasteiger partial charge is 0.295 e. The monoisotopic (exact) mass is 378 g/mol. The van der Waals surface area contributed by atoms with Gasteiger partial charge in [0.25, 0.3) is 5.56 Å². The van der Waals surface area contributed by atoms with E-state index in [1.165, 1.54) is 5.56 Å². The Morgan fingerprint density at radius 1 is 1.07 bits per heavy atom. The molecule has 1 aromatic heterocycles. The second-order valence-electron chi connectivity index (χ2n) is 6.84. The molecule has 1 amide bonds. The van der Waals surface area contributed by atoms with Crippen LogP contribution in [0.15, 0.2) is 59.4 Å². The van der Waals surface area contributed by atoms with Crippen LogP contribution in [0.5, 0.6) is 0 Å². The van der Waals surface area contributed by atoms with Crippen molar-refractivity contribution in [2.75, 3.05) is 10.6 Å². The molecule has 2 aromatic carbocycles. The molecule has 6 nitrogen and oxygen atoms in total. The Morgan fingerprint density at radius 2 is 1.71 bits per heavy atom. The van der Waals surface area contributed by atoms with E-state index in [2.05, 4.69) is 17.6 Å². The average Bonchev–Trinajstić information content (AvgIpc) is 2.92. The lowest BCUT2D eigenvalue weighted by Gasteiger charge is -2.14. The minimum Gasteiger partial charge on any atom is -0.368 e. The SMILES string of the molecule is CCc1ccc(NC(=O)C(C)Nc2c(C)n(C)n(-c3ccccc3)c2=O)cc1. The zero-order chi connectivity index (χ0) is 20.3. The van der Waals surface area contributed by atoms with Crippen LogP contribution < -0.4 is 16.2 Å². The number of aromatic nitrogens is 2. The summed E-state index contributed by atoms with van der Waals surface area (Å²) in [6.07, 6.45) is 0.952. The molecule has 0 saturated heterocycles. The molecular formula is C22H26N4O2. The second kappa shape index (κ2) is 8.17. The third-order valence-electron chi connectivity index (χ3n) is 4.94. The molecule has 0 saturated carbocycles. The average molecular weight is 378 g/mol. The van der Waals surface area contributed by atoms with E-state index in [-0.39, 0.29) is 11.5 Å². The zero-order valence-electron chi connectivity index (χ0n) is 16.7. The van der Waals surface area contributed by atoms with Gasteiger partial charge in [-0.3, -0.25) is 14.3 Å². The van der Waals surface area contributed by atoms with Gasteiger partial charge in [-0.15, -0.1) is 0 Å². The minimum absolute atomic E-state index is 0.182. The lowest BCUT2D eigenvalue weighted by Crippen LogP contribution is -2.34. The molecule has 0 bridgehead atoms. The van der Waals surface area contributed by atoms with Gasteiger partial charge in [0, 0.05) is 12.7 Å². The number of amides is 1. The van der Waals surface area contributed by atoms with Crippen molar-refractivity contribution in [1.29, 1.82) is 0 Å². The maximum Gasteiger partial charge on any atom is 0.295 e. The van der Waals surface area contributed by atoms with Crippen molar-refractivity contribution in [3.8, 4) is 5.69 Å². The van der Waals surface area contributed by atoms with Crippen molar-refractivity contribution in [2.45, 2.75) is 33.2 Å². The van der Waals surface area contributed by atoms with E-state index in [4.69, 9.17) is 0 Å². The van der Waals surface area contributed by atoms with Gasteiger partial charge in [-0.25, -0.2) is 4.68 Å². The highest BCUT2D eigenvalue weighted by Gasteiger charge is 2.20. The van der Waals surface area contributed by atoms with Crippen LogP contribution in [-0.2, 0) is 18.3 Å². The summed E-state index contributed by atoms with van der Waals surface area (Å²) in [5.41, 5.74) is 3.74. The van der Waals surface area contributed by atoms with Crippen LogP contribution in [0, 0.1) is 6.92 Å². The highest BCUT2D eigenvalue weighted by molar-refractivity contribution is 5.96. The number of carbonyl (C=O) groups excluding carboxylic acids is 1. The topological polar surface area (TPSA) is 68.1 Å². The second-order valence-corrected chi connectivity index (χ2v) is 6.84. The van der Waals surface area contributed by atoms with E-state index in [1.807, 2.05) is 68.6 Å². The maximum absolute atomic E-state index is 12.9. The molecule has 2 N–H and O–H groups in total. The van der Waals surface area contributed by atoms with Gasteiger partial charge in [0.05, 0.1) is 11.4 Å². The van der Waals surface area contributed by atoms with Gasteiger partial charge in [-0.2, -0.15) is 0 Å². The lowest BCUT2D eigenvalue weighted by atomic mass is 10.1. The van der Waals surface area contributed by atoms with Crippen molar-refractivity contribution in [3.05, 3.63) is 76.2 Å². The predicted molar refractivity (Wildman–Crippen MR) is 113 cm³/mol. The lowest BCUT2D eigenvalue weighted by molar-refractivity contribution is -0.116. The molecular weight excluding hydrogens is 352 g/mol. The largest absolute Gasteiger partial charge is 0.368 e. The molecule has 0 aliphatic heterocycles. The number of nitrogens with one attached hydrogen (secondary N) is 2. The summed E-state index contributed by atoms with van der Waals surface area (Å²) < 4.78 is 3.37. The number of rotatable bonds is 6. The summed E-state index contributed by atoms with van der Waals surface area (Å²) >= 11 is 0. The minimum atomic E-state index is -0.566. The van der Waals surface area contributed by atoms with Gasteiger partial charge >= 0.3 is 0 Å².